The largest absolute Gasteiger partial charge is 0.326 e. The van der Waals surface area contributed by atoms with Crippen molar-refractivity contribution >= 4 is 21.6 Å². The van der Waals surface area contributed by atoms with Crippen molar-refractivity contribution in [1.29, 1.82) is 0 Å². The number of sulfonamides is 1. The zero-order chi connectivity index (χ0) is 11.5. The van der Waals surface area contributed by atoms with Crippen molar-refractivity contribution in [2.24, 2.45) is 5.14 Å². The number of primary sulfonamides is 1. The Hall–Kier alpha value is -1.40. The zero-order valence-corrected chi connectivity index (χ0v) is 9.04. The molecule has 0 saturated carbocycles. The molecule has 0 aromatic heterocycles. The highest BCUT2D eigenvalue weighted by Gasteiger charge is 2.05. The first-order valence-electron chi connectivity index (χ1n) is 4.24. The molecule has 1 aromatic rings. The number of nitrogens with one attached hydrogen (secondary N) is 1. The van der Waals surface area contributed by atoms with Crippen LogP contribution in [0.3, 0.4) is 0 Å². The topological polar surface area (TPSA) is 89.3 Å². The molecule has 0 fully saturated rings. The molecule has 0 bridgehead atoms. The normalized spacial score (nSPS) is 11.1. The summed E-state index contributed by atoms with van der Waals surface area (Å²) < 4.78 is 21.6. The number of hydrogen-bond donors (Lipinski definition) is 2. The average molecular weight is 228 g/mol. The standard InChI is InChI=1S/C9H12N2O3S/c1-7(12)11-9-4-2-3-8(5-9)6-15(10,13)14/h2-5H,6H2,1H3,(H,11,12)(H2,10,13,14). The Balaban J connectivity index is 2.88. The Labute approximate surface area is 88.3 Å². The minimum atomic E-state index is -3.54. The van der Waals surface area contributed by atoms with Crippen LogP contribution >= 0.6 is 0 Å². The summed E-state index contributed by atoms with van der Waals surface area (Å²) in [6, 6.07) is 6.54. The van der Waals surface area contributed by atoms with Crippen LogP contribution in [0.2, 0.25) is 0 Å². The smallest absolute Gasteiger partial charge is 0.221 e. The van der Waals surface area contributed by atoms with Gasteiger partial charge in [0.25, 0.3) is 0 Å². The molecule has 0 spiro atoms. The van der Waals surface area contributed by atoms with E-state index in [1.54, 1.807) is 24.3 Å². The second kappa shape index (κ2) is 4.41. The fourth-order valence-electron chi connectivity index (χ4n) is 1.17. The highest BCUT2D eigenvalue weighted by atomic mass is 32.2. The van der Waals surface area contributed by atoms with Crippen LogP contribution in [0.5, 0.6) is 0 Å². The van der Waals surface area contributed by atoms with Crippen molar-refractivity contribution in [1.82, 2.24) is 0 Å². The Morgan fingerprint density at radius 3 is 2.67 bits per heavy atom. The number of carbonyl (C=O) groups is 1. The first-order chi connectivity index (χ1) is 6.87. The van der Waals surface area contributed by atoms with Crippen molar-refractivity contribution < 1.29 is 13.2 Å². The van der Waals surface area contributed by atoms with Crippen LogP contribution in [0.15, 0.2) is 24.3 Å². The fourth-order valence-corrected chi connectivity index (χ4v) is 1.82. The van der Waals surface area contributed by atoms with E-state index in [1.807, 2.05) is 0 Å². The number of nitrogens with two attached hydrogens (primary N) is 1. The van der Waals surface area contributed by atoms with Crippen LogP contribution in [-0.4, -0.2) is 14.3 Å². The second-order valence-electron chi connectivity index (χ2n) is 3.19. The van der Waals surface area contributed by atoms with E-state index in [9.17, 15) is 13.2 Å². The maximum absolute atomic E-state index is 10.8. The molecular formula is C9H12N2O3S. The van der Waals surface area contributed by atoms with Crippen LogP contribution in [0.25, 0.3) is 0 Å². The van der Waals surface area contributed by atoms with Crippen LogP contribution < -0.4 is 10.5 Å². The van der Waals surface area contributed by atoms with Gasteiger partial charge in [-0.25, -0.2) is 13.6 Å². The molecule has 1 rings (SSSR count). The molecule has 15 heavy (non-hydrogen) atoms. The summed E-state index contributed by atoms with van der Waals surface area (Å²) in [6.07, 6.45) is 0. The number of amides is 1. The van der Waals surface area contributed by atoms with Crippen molar-refractivity contribution in [3.63, 3.8) is 0 Å². The molecule has 0 unspecified atom stereocenters. The first kappa shape index (κ1) is 11.7. The van der Waals surface area contributed by atoms with Crippen molar-refractivity contribution in [3.8, 4) is 0 Å². The molecule has 0 aliphatic heterocycles. The molecule has 0 atom stereocenters. The summed E-state index contributed by atoms with van der Waals surface area (Å²) in [5, 5.41) is 7.46. The molecule has 0 aliphatic rings. The first-order valence-corrected chi connectivity index (χ1v) is 5.95. The Bertz CT molecular complexity index is 468. The van der Waals surface area contributed by atoms with Gasteiger partial charge in [-0.2, -0.15) is 0 Å². The molecule has 6 heteroatoms. The van der Waals surface area contributed by atoms with E-state index in [0.29, 0.717) is 11.3 Å². The van der Waals surface area contributed by atoms with Gasteiger partial charge in [-0.05, 0) is 17.7 Å². The summed E-state index contributed by atoms with van der Waals surface area (Å²) in [6.45, 7) is 1.38. The Morgan fingerprint density at radius 2 is 2.13 bits per heavy atom. The molecule has 0 saturated heterocycles. The van der Waals surface area contributed by atoms with E-state index < -0.39 is 10.0 Å². The molecule has 0 aliphatic carbocycles. The summed E-state index contributed by atoms with van der Waals surface area (Å²) >= 11 is 0. The Kier molecular flexibility index (Phi) is 3.43. The van der Waals surface area contributed by atoms with E-state index in [4.69, 9.17) is 5.14 Å². The van der Waals surface area contributed by atoms with E-state index in [1.165, 1.54) is 6.92 Å². The van der Waals surface area contributed by atoms with E-state index in [2.05, 4.69) is 5.32 Å². The number of carbonyl (C=O) groups excluding carboxylic acids is 1. The maximum Gasteiger partial charge on any atom is 0.221 e. The van der Waals surface area contributed by atoms with Gasteiger partial charge in [-0.3, -0.25) is 4.79 Å². The second-order valence-corrected chi connectivity index (χ2v) is 4.80. The predicted octanol–water partition coefficient (Wildman–Crippen LogP) is 0.433. The lowest BCUT2D eigenvalue weighted by Gasteiger charge is -2.04. The number of anilines is 1. The van der Waals surface area contributed by atoms with Crippen LogP contribution in [-0.2, 0) is 20.6 Å². The van der Waals surface area contributed by atoms with Gasteiger partial charge in [0.1, 0.15) is 0 Å². The van der Waals surface area contributed by atoms with E-state index in [-0.39, 0.29) is 11.7 Å². The number of rotatable bonds is 3. The van der Waals surface area contributed by atoms with Crippen LogP contribution in [0.4, 0.5) is 5.69 Å². The lowest BCUT2D eigenvalue weighted by atomic mass is 10.2. The molecule has 1 amide bonds. The van der Waals surface area contributed by atoms with Gasteiger partial charge in [-0.15, -0.1) is 0 Å². The third kappa shape index (κ3) is 4.57. The monoisotopic (exact) mass is 228 g/mol. The number of hydrogen-bond acceptors (Lipinski definition) is 3. The molecule has 0 heterocycles. The summed E-state index contributed by atoms with van der Waals surface area (Å²) in [7, 11) is -3.54. The maximum atomic E-state index is 10.8. The lowest BCUT2D eigenvalue weighted by molar-refractivity contribution is -0.114. The SMILES string of the molecule is CC(=O)Nc1cccc(CS(N)(=O)=O)c1. The molecular weight excluding hydrogens is 216 g/mol. The summed E-state index contributed by atoms with van der Waals surface area (Å²) in [4.78, 5) is 10.8. The predicted molar refractivity (Wildman–Crippen MR) is 57.6 cm³/mol. The third-order valence-electron chi connectivity index (χ3n) is 1.62. The fraction of sp³-hybridized carbons (Fsp3) is 0.222. The van der Waals surface area contributed by atoms with Crippen LogP contribution in [0, 0.1) is 0 Å². The van der Waals surface area contributed by atoms with Gasteiger partial charge in [-0.1, -0.05) is 12.1 Å². The number of benzene rings is 1. The molecule has 1 aromatic carbocycles. The van der Waals surface area contributed by atoms with Gasteiger partial charge in [0.15, 0.2) is 0 Å². The van der Waals surface area contributed by atoms with Gasteiger partial charge >= 0.3 is 0 Å². The quantitative estimate of drug-likeness (QED) is 0.786. The van der Waals surface area contributed by atoms with Crippen molar-refractivity contribution in [3.05, 3.63) is 29.8 Å². The Morgan fingerprint density at radius 1 is 1.47 bits per heavy atom. The molecule has 5 nitrogen and oxygen atoms in total. The van der Waals surface area contributed by atoms with Gasteiger partial charge < -0.3 is 5.32 Å². The van der Waals surface area contributed by atoms with E-state index >= 15 is 0 Å². The molecule has 0 radical (unpaired) electrons. The summed E-state index contributed by atoms with van der Waals surface area (Å²) in [5.41, 5.74) is 1.10. The van der Waals surface area contributed by atoms with Crippen molar-refractivity contribution in [2.75, 3.05) is 5.32 Å². The third-order valence-corrected chi connectivity index (χ3v) is 2.35. The highest BCUT2D eigenvalue weighted by molar-refractivity contribution is 7.88. The summed E-state index contributed by atoms with van der Waals surface area (Å²) in [5.74, 6) is -0.441. The highest BCUT2D eigenvalue weighted by Crippen LogP contribution is 2.12. The van der Waals surface area contributed by atoms with Crippen LogP contribution in [0.1, 0.15) is 12.5 Å². The molecule has 3 N–H and O–H groups in total. The van der Waals surface area contributed by atoms with Gasteiger partial charge in [0, 0.05) is 12.6 Å². The lowest BCUT2D eigenvalue weighted by Crippen LogP contribution is -2.14. The minimum Gasteiger partial charge on any atom is -0.326 e. The molecule has 82 valence electrons. The van der Waals surface area contributed by atoms with Crippen molar-refractivity contribution in [2.45, 2.75) is 12.7 Å². The minimum absolute atomic E-state index is 0.206. The average Bonchev–Trinajstić information content (AvgIpc) is 1.99. The van der Waals surface area contributed by atoms with Gasteiger partial charge in [0.05, 0.1) is 5.75 Å². The van der Waals surface area contributed by atoms with Gasteiger partial charge in [0.2, 0.25) is 15.9 Å². The van der Waals surface area contributed by atoms with E-state index in [0.717, 1.165) is 0 Å². The zero-order valence-electron chi connectivity index (χ0n) is 8.23.